The number of piperidine rings is 1. The van der Waals surface area contributed by atoms with E-state index in [1.807, 2.05) is 18.2 Å². The van der Waals surface area contributed by atoms with Crippen molar-refractivity contribution in [3.8, 4) is 5.75 Å². The first kappa shape index (κ1) is 16.3. The summed E-state index contributed by atoms with van der Waals surface area (Å²) in [5.41, 5.74) is 0.778. The standard InChI is InChI=1S/C13H17BrN2O2.ClH/c1-18-12-6-5-9(8-10(12)14)16-13(17)11-4-2-3-7-15-11;/h5-6,8,11,15H,2-4,7H2,1H3,(H,16,17);1H. The van der Waals surface area contributed by atoms with Crippen molar-refractivity contribution in [3.63, 3.8) is 0 Å². The van der Waals surface area contributed by atoms with Crippen LogP contribution in [0.5, 0.6) is 5.75 Å². The Kier molecular flexibility index (Phi) is 6.62. The van der Waals surface area contributed by atoms with Crippen LogP contribution in [0, 0.1) is 0 Å². The number of ether oxygens (including phenoxy) is 1. The fraction of sp³-hybridized carbons (Fsp3) is 0.462. The van der Waals surface area contributed by atoms with Gasteiger partial charge in [0, 0.05) is 5.69 Å². The molecule has 1 aliphatic heterocycles. The third kappa shape index (κ3) is 4.37. The molecule has 0 saturated carbocycles. The third-order valence-electron chi connectivity index (χ3n) is 3.05. The Morgan fingerprint density at radius 1 is 1.47 bits per heavy atom. The van der Waals surface area contributed by atoms with E-state index in [9.17, 15) is 4.79 Å². The molecule has 106 valence electrons. The first-order chi connectivity index (χ1) is 8.70. The zero-order valence-electron chi connectivity index (χ0n) is 10.7. The molecular formula is C13H18BrClN2O2. The minimum Gasteiger partial charge on any atom is -0.496 e. The number of carbonyl (C=O) groups excluding carboxylic acids is 1. The highest BCUT2D eigenvalue weighted by molar-refractivity contribution is 9.10. The second-order valence-electron chi connectivity index (χ2n) is 4.34. The lowest BCUT2D eigenvalue weighted by Crippen LogP contribution is -2.43. The van der Waals surface area contributed by atoms with Gasteiger partial charge in [0.15, 0.2) is 0 Å². The molecule has 0 bridgehead atoms. The number of nitrogens with one attached hydrogen (secondary N) is 2. The van der Waals surface area contributed by atoms with Gasteiger partial charge in [0.05, 0.1) is 17.6 Å². The molecule has 1 amide bonds. The van der Waals surface area contributed by atoms with E-state index >= 15 is 0 Å². The number of benzene rings is 1. The number of halogens is 2. The van der Waals surface area contributed by atoms with Gasteiger partial charge < -0.3 is 15.4 Å². The fourth-order valence-electron chi connectivity index (χ4n) is 2.05. The van der Waals surface area contributed by atoms with E-state index in [2.05, 4.69) is 26.6 Å². The zero-order chi connectivity index (χ0) is 13.0. The summed E-state index contributed by atoms with van der Waals surface area (Å²) in [7, 11) is 1.62. The van der Waals surface area contributed by atoms with Crippen molar-refractivity contribution in [2.75, 3.05) is 19.0 Å². The smallest absolute Gasteiger partial charge is 0.241 e. The van der Waals surface area contributed by atoms with E-state index in [0.29, 0.717) is 0 Å². The van der Waals surface area contributed by atoms with Crippen molar-refractivity contribution in [2.24, 2.45) is 0 Å². The van der Waals surface area contributed by atoms with Crippen LogP contribution in [0.4, 0.5) is 5.69 Å². The largest absolute Gasteiger partial charge is 0.496 e. The van der Waals surface area contributed by atoms with E-state index in [1.165, 1.54) is 0 Å². The average molecular weight is 350 g/mol. The lowest BCUT2D eigenvalue weighted by Gasteiger charge is -2.22. The molecule has 1 aromatic rings. The summed E-state index contributed by atoms with van der Waals surface area (Å²) >= 11 is 3.40. The maximum atomic E-state index is 12.0. The van der Waals surface area contributed by atoms with Crippen LogP contribution in [0.2, 0.25) is 0 Å². The van der Waals surface area contributed by atoms with Crippen molar-refractivity contribution in [2.45, 2.75) is 25.3 Å². The Balaban J connectivity index is 0.00000180. The van der Waals surface area contributed by atoms with Gasteiger partial charge >= 0.3 is 0 Å². The third-order valence-corrected chi connectivity index (χ3v) is 3.67. The van der Waals surface area contributed by atoms with Gasteiger partial charge in [-0.25, -0.2) is 0 Å². The summed E-state index contributed by atoms with van der Waals surface area (Å²) in [5.74, 6) is 0.788. The van der Waals surface area contributed by atoms with Gasteiger partial charge in [-0.3, -0.25) is 4.79 Å². The predicted octanol–water partition coefficient (Wildman–Crippen LogP) is 2.96. The monoisotopic (exact) mass is 348 g/mol. The van der Waals surface area contributed by atoms with Crippen molar-refractivity contribution >= 4 is 39.9 Å². The number of anilines is 1. The molecule has 1 unspecified atom stereocenters. The molecule has 1 aromatic carbocycles. The predicted molar refractivity (Wildman–Crippen MR) is 82.2 cm³/mol. The first-order valence-corrected chi connectivity index (χ1v) is 6.88. The Morgan fingerprint density at radius 3 is 2.84 bits per heavy atom. The normalized spacial score (nSPS) is 18.3. The highest BCUT2D eigenvalue weighted by atomic mass is 79.9. The molecule has 1 aliphatic rings. The molecule has 1 fully saturated rings. The van der Waals surface area contributed by atoms with Crippen LogP contribution >= 0.6 is 28.3 Å². The SMILES string of the molecule is COc1ccc(NC(=O)C2CCCCN2)cc1Br.Cl. The summed E-state index contributed by atoms with van der Waals surface area (Å²) in [4.78, 5) is 12.0. The van der Waals surface area contributed by atoms with E-state index in [1.54, 1.807) is 7.11 Å². The lowest BCUT2D eigenvalue weighted by molar-refractivity contribution is -0.118. The van der Waals surface area contributed by atoms with Gasteiger partial charge in [0.2, 0.25) is 5.91 Å². The summed E-state index contributed by atoms with van der Waals surface area (Å²) in [5, 5.41) is 6.14. The van der Waals surface area contributed by atoms with Crippen molar-refractivity contribution in [3.05, 3.63) is 22.7 Å². The molecule has 0 spiro atoms. The number of methoxy groups -OCH3 is 1. The van der Waals surface area contributed by atoms with Crippen LogP contribution in [-0.2, 0) is 4.79 Å². The number of rotatable bonds is 3. The van der Waals surface area contributed by atoms with Gasteiger partial charge in [-0.2, -0.15) is 0 Å². The second kappa shape index (κ2) is 7.72. The molecule has 6 heteroatoms. The summed E-state index contributed by atoms with van der Waals surface area (Å²) in [6, 6.07) is 5.44. The summed E-state index contributed by atoms with van der Waals surface area (Å²) < 4.78 is 5.98. The van der Waals surface area contributed by atoms with Gasteiger partial charge in [-0.05, 0) is 53.5 Å². The van der Waals surface area contributed by atoms with Crippen molar-refractivity contribution in [1.82, 2.24) is 5.32 Å². The Labute approximate surface area is 127 Å². The van der Waals surface area contributed by atoms with Crippen LogP contribution in [0.25, 0.3) is 0 Å². The van der Waals surface area contributed by atoms with E-state index in [4.69, 9.17) is 4.74 Å². The number of hydrogen-bond acceptors (Lipinski definition) is 3. The van der Waals surface area contributed by atoms with E-state index < -0.39 is 0 Å². The van der Waals surface area contributed by atoms with Crippen LogP contribution < -0.4 is 15.4 Å². The average Bonchev–Trinajstić information content (AvgIpc) is 2.40. The molecule has 1 saturated heterocycles. The molecule has 0 radical (unpaired) electrons. The zero-order valence-corrected chi connectivity index (χ0v) is 13.1. The fourth-order valence-corrected chi connectivity index (χ4v) is 2.59. The van der Waals surface area contributed by atoms with Crippen molar-refractivity contribution < 1.29 is 9.53 Å². The Morgan fingerprint density at radius 2 is 2.26 bits per heavy atom. The van der Waals surface area contributed by atoms with Crippen LogP contribution in [0.1, 0.15) is 19.3 Å². The van der Waals surface area contributed by atoms with Crippen LogP contribution in [0.3, 0.4) is 0 Å². The van der Waals surface area contributed by atoms with Gasteiger partial charge in [-0.1, -0.05) is 6.42 Å². The van der Waals surface area contributed by atoms with Crippen LogP contribution in [-0.4, -0.2) is 25.6 Å². The molecule has 1 heterocycles. The number of carbonyl (C=O) groups is 1. The summed E-state index contributed by atoms with van der Waals surface area (Å²) in [6.07, 6.45) is 3.17. The highest BCUT2D eigenvalue weighted by Crippen LogP contribution is 2.27. The first-order valence-electron chi connectivity index (χ1n) is 6.08. The van der Waals surface area contributed by atoms with Crippen LogP contribution in [0.15, 0.2) is 22.7 Å². The Hall–Kier alpha value is -0.780. The van der Waals surface area contributed by atoms with Gasteiger partial charge in [0.1, 0.15) is 5.75 Å². The van der Waals surface area contributed by atoms with Gasteiger partial charge in [0.25, 0.3) is 0 Å². The minimum absolute atomic E-state index is 0. The Bertz CT molecular complexity index is 437. The maximum Gasteiger partial charge on any atom is 0.241 e. The molecule has 0 aromatic heterocycles. The number of amides is 1. The van der Waals surface area contributed by atoms with Crippen molar-refractivity contribution in [1.29, 1.82) is 0 Å². The molecule has 4 nitrogen and oxygen atoms in total. The van der Waals surface area contributed by atoms with Gasteiger partial charge in [-0.15, -0.1) is 12.4 Å². The minimum atomic E-state index is -0.0698. The highest BCUT2D eigenvalue weighted by Gasteiger charge is 2.20. The molecule has 1 atom stereocenters. The number of hydrogen-bond donors (Lipinski definition) is 2. The lowest BCUT2D eigenvalue weighted by atomic mass is 10.0. The molecule has 2 rings (SSSR count). The molecular weight excluding hydrogens is 332 g/mol. The molecule has 2 N–H and O–H groups in total. The summed E-state index contributed by atoms with van der Waals surface area (Å²) in [6.45, 7) is 0.921. The topological polar surface area (TPSA) is 50.4 Å². The second-order valence-corrected chi connectivity index (χ2v) is 5.20. The molecule has 0 aliphatic carbocycles. The maximum absolute atomic E-state index is 12.0. The van der Waals surface area contributed by atoms with E-state index in [-0.39, 0.29) is 24.4 Å². The quantitative estimate of drug-likeness (QED) is 0.882. The molecule has 19 heavy (non-hydrogen) atoms. The van der Waals surface area contributed by atoms with E-state index in [0.717, 1.165) is 41.7 Å².